The van der Waals surface area contributed by atoms with Crippen molar-refractivity contribution < 1.29 is 17.6 Å². The molecule has 7 nitrogen and oxygen atoms in total. The minimum Gasteiger partial charge on any atom is -0.461 e. The van der Waals surface area contributed by atoms with Crippen LogP contribution < -0.4 is 0 Å². The molecule has 0 radical (unpaired) electrons. The number of furan rings is 1. The second-order valence-electron chi connectivity index (χ2n) is 8.53. The Balaban J connectivity index is 1.37. The summed E-state index contributed by atoms with van der Waals surface area (Å²) >= 11 is 0. The number of aryl methyl sites for hydroxylation is 2. The average molecular weight is 456 g/mol. The van der Waals surface area contributed by atoms with Crippen LogP contribution >= 0.6 is 0 Å². The van der Waals surface area contributed by atoms with Gasteiger partial charge in [0.2, 0.25) is 5.91 Å². The SMILES string of the molecule is Cc1nn([C@H]2CCS(=O)(=O)C2)c(C)c1CN(C)C(=O)CCc1ccc(-c2ccccc2)o1. The predicted octanol–water partition coefficient (Wildman–Crippen LogP) is 3.71. The molecule has 0 unspecified atom stereocenters. The maximum atomic E-state index is 12.7. The zero-order chi connectivity index (χ0) is 22.9. The molecule has 0 bridgehead atoms. The van der Waals surface area contributed by atoms with E-state index in [4.69, 9.17) is 4.42 Å². The van der Waals surface area contributed by atoms with Crippen LogP contribution in [0.4, 0.5) is 0 Å². The molecule has 1 amide bonds. The fraction of sp³-hybridized carbons (Fsp3) is 0.417. The highest BCUT2D eigenvalue weighted by Crippen LogP contribution is 2.27. The zero-order valence-electron chi connectivity index (χ0n) is 18.7. The third-order valence-corrected chi connectivity index (χ3v) is 7.91. The quantitative estimate of drug-likeness (QED) is 0.542. The molecule has 1 fully saturated rings. The van der Waals surface area contributed by atoms with Gasteiger partial charge in [0.15, 0.2) is 9.84 Å². The van der Waals surface area contributed by atoms with Crippen molar-refractivity contribution in [3.05, 3.63) is 65.2 Å². The predicted molar refractivity (Wildman–Crippen MR) is 123 cm³/mol. The minimum atomic E-state index is -2.98. The van der Waals surface area contributed by atoms with Crippen molar-refractivity contribution in [1.29, 1.82) is 0 Å². The first kappa shape index (κ1) is 22.3. The van der Waals surface area contributed by atoms with Gasteiger partial charge in [-0.1, -0.05) is 30.3 Å². The first-order valence-electron chi connectivity index (χ1n) is 10.9. The topological polar surface area (TPSA) is 85.4 Å². The lowest BCUT2D eigenvalue weighted by molar-refractivity contribution is -0.130. The van der Waals surface area contributed by atoms with E-state index in [0.29, 0.717) is 25.8 Å². The zero-order valence-corrected chi connectivity index (χ0v) is 19.6. The highest BCUT2D eigenvalue weighted by atomic mass is 32.2. The summed E-state index contributed by atoms with van der Waals surface area (Å²) in [6, 6.07) is 13.6. The first-order chi connectivity index (χ1) is 15.2. The van der Waals surface area contributed by atoms with Crippen molar-refractivity contribution in [2.75, 3.05) is 18.6 Å². The fourth-order valence-electron chi connectivity index (χ4n) is 4.27. The molecule has 32 heavy (non-hydrogen) atoms. The summed E-state index contributed by atoms with van der Waals surface area (Å²) in [5.74, 6) is 1.96. The van der Waals surface area contributed by atoms with Crippen LogP contribution in [-0.4, -0.2) is 47.6 Å². The van der Waals surface area contributed by atoms with Crippen molar-refractivity contribution in [1.82, 2.24) is 14.7 Å². The number of hydrogen-bond donors (Lipinski definition) is 0. The van der Waals surface area contributed by atoms with Crippen molar-refractivity contribution in [3.63, 3.8) is 0 Å². The maximum Gasteiger partial charge on any atom is 0.223 e. The van der Waals surface area contributed by atoms with Crippen molar-refractivity contribution >= 4 is 15.7 Å². The molecule has 8 heteroatoms. The van der Waals surface area contributed by atoms with Gasteiger partial charge in [0.25, 0.3) is 0 Å². The second kappa shape index (κ2) is 8.94. The summed E-state index contributed by atoms with van der Waals surface area (Å²) in [5.41, 5.74) is 3.77. The molecule has 3 heterocycles. The van der Waals surface area contributed by atoms with E-state index in [-0.39, 0.29) is 23.5 Å². The molecule has 1 atom stereocenters. The fourth-order valence-corrected chi connectivity index (χ4v) is 5.96. The van der Waals surface area contributed by atoms with Gasteiger partial charge in [-0.2, -0.15) is 5.10 Å². The Morgan fingerprint density at radius 3 is 2.62 bits per heavy atom. The van der Waals surface area contributed by atoms with Crippen LogP contribution in [0.25, 0.3) is 11.3 Å². The van der Waals surface area contributed by atoms with Crippen LogP contribution in [0.1, 0.15) is 41.6 Å². The maximum absolute atomic E-state index is 12.7. The van der Waals surface area contributed by atoms with Gasteiger partial charge in [0.05, 0.1) is 23.2 Å². The molecule has 0 saturated carbocycles. The molecular weight excluding hydrogens is 426 g/mol. The van der Waals surface area contributed by atoms with Gasteiger partial charge >= 0.3 is 0 Å². The Labute approximate surface area is 189 Å². The Kier molecular flexibility index (Phi) is 6.24. The standard InChI is InChI=1S/C24H29N3O4S/c1-17-22(18(2)27(25-17)20-13-14-32(29,30)16-20)15-26(3)24(28)12-10-21-9-11-23(31-21)19-7-5-4-6-8-19/h4-9,11,20H,10,12-16H2,1-3H3/t20-/m0/s1. The molecule has 2 aromatic heterocycles. The molecule has 3 aromatic rings. The van der Waals surface area contributed by atoms with Crippen LogP contribution in [0.15, 0.2) is 46.9 Å². The van der Waals surface area contributed by atoms with Crippen LogP contribution in [0, 0.1) is 13.8 Å². The Morgan fingerprint density at radius 2 is 1.94 bits per heavy atom. The lowest BCUT2D eigenvalue weighted by Crippen LogP contribution is -2.27. The van der Waals surface area contributed by atoms with E-state index in [0.717, 1.165) is 34.0 Å². The molecule has 0 spiro atoms. The molecule has 1 aromatic carbocycles. The van der Waals surface area contributed by atoms with Crippen molar-refractivity contribution in [2.24, 2.45) is 0 Å². The van der Waals surface area contributed by atoms with Gasteiger partial charge in [-0.25, -0.2) is 8.42 Å². The summed E-state index contributed by atoms with van der Waals surface area (Å²) in [6.07, 6.45) is 1.48. The van der Waals surface area contributed by atoms with Crippen LogP contribution in [-0.2, 0) is 27.6 Å². The number of amides is 1. The number of hydrogen-bond acceptors (Lipinski definition) is 5. The summed E-state index contributed by atoms with van der Waals surface area (Å²) in [4.78, 5) is 14.4. The van der Waals surface area contributed by atoms with Crippen LogP contribution in [0.5, 0.6) is 0 Å². The first-order valence-corrected chi connectivity index (χ1v) is 12.7. The lowest BCUT2D eigenvalue weighted by atomic mass is 10.1. The number of rotatable bonds is 7. The lowest BCUT2D eigenvalue weighted by Gasteiger charge is -2.18. The number of aromatic nitrogens is 2. The third kappa shape index (κ3) is 4.80. The number of nitrogens with zero attached hydrogens (tertiary/aromatic N) is 3. The monoisotopic (exact) mass is 455 g/mol. The van der Waals surface area contributed by atoms with E-state index in [1.54, 1.807) is 11.9 Å². The van der Waals surface area contributed by atoms with E-state index in [1.807, 2.05) is 61.0 Å². The minimum absolute atomic E-state index is 0.0256. The normalized spacial score (nSPS) is 17.5. The number of sulfone groups is 1. The smallest absolute Gasteiger partial charge is 0.223 e. The van der Waals surface area contributed by atoms with Gasteiger partial charge in [-0.3, -0.25) is 9.48 Å². The summed E-state index contributed by atoms with van der Waals surface area (Å²) in [6.45, 7) is 4.31. The Morgan fingerprint density at radius 1 is 1.19 bits per heavy atom. The van der Waals surface area contributed by atoms with Gasteiger partial charge in [-0.15, -0.1) is 0 Å². The molecule has 4 rings (SSSR count). The second-order valence-corrected chi connectivity index (χ2v) is 10.8. The average Bonchev–Trinajstić information content (AvgIpc) is 3.46. The summed E-state index contributed by atoms with van der Waals surface area (Å²) in [5, 5.41) is 4.59. The number of carbonyl (C=O) groups is 1. The molecule has 0 aliphatic carbocycles. The molecule has 1 saturated heterocycles. The summed E-state index contributed by atoms with van der Waals surface area (Å²) in [7, 11) is -1.20. The molecular formula is C24H29N3O4S. The van der Waals surface area contributed by atoms with Crippen LogP contribution in [0.2, 0.25) is 0 Å². The molecule has 0 N–H and O–H groups in total. The highest BCUT2D eigenvalue weighted by Gasteiger charge is 2.31. The third-order valence-electron chi connectivity index (χ3n) is 6.16. The van der Waals surface area contributed by atoms with E-state index in [2.05, 4.69) is 5.10 Å². The van der Waals surface area contributed by atoms with Crippen LogP contribution in [0.3, 0.4) is 0 Å². The molecule has 170 valence electrons. The molecule has 1 aliphatic heterocycles. The van der Waals surface area contributed by atoms with E-state index >= 15 is 0 Å². The van der Waals surface area contributed by atoms with Gasteiger partial charge in [-0.05, 0) is 32.4 Å². The summed E-state index contributed by atoms with van der Waals surface area (Å²) < 4.78 is 31.4. The molecule has 1 aliphatic rings. The van der Waals surface area contributed by atoms with E-state index in [9.17, 15) is 13.2 Å². The Hall–Kier alpha value is -2.87. The van der Waals surface area contributed by atoms with E-state index in [1.165, 1.54) is 0 Å². The van der Waals surface area contributed by atoms with Crippen molar-refractivity contribution in [2.45, 2.75) is 45.7 Å². The Bertz CT molecular complexity index is 1210. The van der Waals surface area contributed by atoms with Gasteiger partial charge in [0, 0.05) is 43.3 Å². The number of benzene rings is 1. The van der Waals surface area contributed by atoms with E-state index < -0.39 is 9.84 Å². The van der Waals surface area contributed by atoms with Crippen molar-refractivity contribution in [3.8, 4) is 11.3 Å². The largest absolute Gasteiger partial charge is 0.461 e. The van der Waals surface area contributed by atoms with Gasteiger partial charge < -0.3 is 9.32 Å². The highest BCUT2D eigenvalue weighted by molar-refractivity contribution is 7.91. The number of carbonyl (C=O) groups excluding carboxylic acids is 1. The van der Waals surface area contributed by atoms with Gasteiger partial charge in [0.1, 0.15) is 11.5 Å².